The van der Waals surface area contributed by atoms with Crippen molar-refractivity contribution >= 4 is 40.6 Å². The van der Waals surface area contributed by atoms with Crippen molar-refractivity contribution in [3.63, 3.8) is 0 Å². The maximum Gasteiger partial charge on any atom is 0.264 e. The number of fused-ring (bicyclic) bond motifs is 1. The van der Waals surface area contributed by atoms with E-state index < -0.39 is 0 Å². The third-order valence-corrected chi connectivity index (χ3v) is 6.27. The van der Waals surface area contributed by atoms with Gasteiger partial charge in [0, 0.05) is 23.6 Å². The second-order valence-corrected chi connectivity index (χ2v) is 7.68. The molecule has 0 fully saturated rings. The SMILES string of the molecule is CN(C(=O)c1cc2c(s1)CCSC2)C(C)(C)CCl. The Morgan fingerprint density at radius 3 is 2.89 bits per heavy atom. The molecule has 1 aliphatic heterocycles. The van der Waals surface area contributed by atoms with Crippen molar-refractivity contribution in [2.75, 3.05) is 18.7 Å². The fourth-order valence-corrected chi connectivity index (χ4v) is 4.31. The predicted molar refractivity (Wildman–Crippen MR) is 81.1 cm³/mol. The van der Waals surface area contributed by atoms with Gasteiger partial charge in [0.15, 0.2) is 0 Å². The topological polar surface area (TPSA) is 20.3 Å². The molecule has 0 N–H and O–H groups in total. The van der Waals surface area contributed by atoms with Gasteiger partial charge in [-0.05, 0) is 37.7 Å². The Hall–Kier alpha value is -0.190. The van der Waals surface area contributed by atoms with Gasteiger partial charge < -0.3 is 4.90 Å². The largest absolute Gasteiger partial charge is 0.335 e. The Balaban J connectivity index is 2.21. The van der Waals surface area contributed by atoms with Crippen LogP contribution in [0, 0.1) is 0 Å². The van der Waals surface area contributed by atoms with Crippen LogP contribution < -0.4 is 0 Å². The van der Waals surface area contributed by atoms with Gasteiger partial charge in [-0.3, -0.25) is 4.79 Å². The highest BCUT2D eigenvalue weighted by atomic mass is 35.5. The molecule has 5 heteroatoms. The molecule has 1 aliphatic rings. The number of amides is 1. The van der Waals surface area contributed by atoms with Crippen LogP contribution in [0.5, 0.6) is 0 Å². The lowest BCUT2D eigenvalue weighted by Gasteiger charge is -2.33. The van der Waals surface area contributed by atoms with Crippen LogP contribution in [0.25, 0.3) is 0 Å². The van der Waals surface area contributed by atoms with Gasteiger partial charge in [0.1, 0.15) is 0 Å². The van der Waals surface area contributed by atoms with E-state index in [4.69, 9.17) is 11.6 Å². The van der Waals surface area contributed by atoms with E-state index in [1.165, 1.54) is 16.2 Å². The van der Waals surface area contributed by atoms with E-state index >= 15 is 0 Å². The summed E-state index contributed by atoms with van der Waals surface area (Å²) in [4.78, 5) is 16.4. The minimum Gasteiger partial charge on any atom is -0.335 e. The first kappa shape index (κ1) is 14.2. The molecule has 0 bridgehead atoms. The highest BCUT2D eigenvalue weighted by Crippen LogP contribution is 2.33. The molecular formula is C13H18ClNOS2. The highest BCUT2D eigenvalue weighted by molar-refractivity contribution is 7.98. The number of halogens is 1. The van der Waals surface area contributed by atoms with Crippen molar-refractivity contribution in [2.24, 2.45) is 0 Å². The minimum absolute atomic E-state index is 0.0880. The van der Waals surface area contributed by atoms with Gasteiger partial charge in [0.25, 0.3) is 5.91 Å². The number of aryl methyl sites for hydroxylation is 1. The standard InChI is InChI=1S/C13H18ClNOS2/c1-13(2,8-14)15(3)12(16)11-6-9-7-17-5-4-10(9)18-11/h6H,4-5,7-8H2,1-3H3. The summed E-state index contributed by atoms with van der Waals surface area (Å²) < 4.78 is 0. The molecule has 0 aliphatic carbocycles. The van der Waals surface area contributed by atoms with Gasteiger partial charge >= 0.3 is 0 Å². The van der Waals surface area contributed by atoms with Crippen LogP contribution in [0.4, 0.5) is 0 Å². The van der Waals surface area contributed by atoms with Gasteiger partial charge in [-0.2, -0.15) is 11.8 Å². The van der Waals surface area contributed by atoms with E-state index in [1.807, 2.05) is 32.7 Å². The molecule has 1 amide bonds. The van der Waals surface area contributed by atoms with Crippen molar-refractivity contribution in [3.05, 3.63) is 21.4 Å². The number of hydrogen-bond acceptors (Lipinski definition) is 3. The average molecular weight is 304 g/mol. The molecule has 0 saturated carbocycles. The Labute approximate surface area is 122 Å². The summed E-state index contributed by atoms with van der Waals surface area (Å²) >= 11 is 9.52. The van der Waals surface area contributed by atoms with Gasteiger partial charge in [-0.1, -0.05) is 0 Å². The summed E-state index contributed by atoms with van der Waals surface area (Å²) in [6, 6.07) is 2.06. The quantitative estimate of drug-likeness (QED) is 0.795. The normalized spacial score (nSPS) is 15.3. The van der Waals surface area contributed by atoms with E-state index in [-0.39, 0.29) is 11.4 Å². The third-order valence-electron chi connectivity index (χ3n) is 3.38. The van der Waals surface area contributed by atoms with E-state index in [2.05, 4.69) is 6.07 Å². The first-order valence-electron chi connectivity index (χ1n) is 5.99. The Morgan fingerprint density at radius 2 is 2.28 bits per heavy atom. The van der Waals surface area contributed by atoms with Crippen LogP contribution in [0.15, 0.2) is 6.07 Å². The maximum absolute atomic E-state index is 12.4. The number of thioether (sulfide) groups is 1. The van der Waals surface area contributed by atoms with Crippen LogP contribution in [0.2, 0.25) is 0 Å². The average Bonchev–Trinajstić information content (AvgIpc) is 2.80. The summed E-state index contributed by atoms with van der Waals surface area (Å²) in [5.74, 6) is 2.74. The summed E-state index contributed by atoms with van der Waals surface area (Å²) in [7, 11) is 1.83. The Bertz CT molecular complexity index is 432. The summed E-state index contributed by atoms with van der Waals surface area (Å²) in [6.45, 7) is 3.97. The molecule has 0 spiro atoms. The number of carbonyl (C=O) groups excluding carboxylic acids is 1. The van der Waals surface area contributed by atoms with Gasteiger partial charge in [0.05, 0.1) is 10.4 Å². The van der Waals surface area contributed by atoms with E-state index in [9.17, 15) is 4.79 Å². The van der Waals surface area contributed by atoms with Crippen molar-refractivity contribution in [3.8, 4) is 0 Å². The van der Waals surface area contributed by atoms with Crippen LogP contribution in [-0.2, 0) is 12.2 Å². The number of nitrogens with zero attached hydrogens (tertiary/aromatic N) is 1. The van der Waals surface area contributed by atoms with Crippen LogP contribution in [0.3, 0.4) is 0 Å². The molecule has 0 radical (unpaired) electrons. The number of carbonyl (C=O) groups is 1. The molecule has 2 heterocycles. The smallest absolute Gasteiger partial charge is 0.264 e. The van der Waals surface area contributed by atoms with Gasteiger partial charge in [-0.25, -0.2) is 0 Å². The minimum atomic E-state index is -0.308. The number of rotatable bonds is 3. The summed E-state index contributed by atoms with van der Waals surface area (Å²) in [5.41, 5.74) is 1.04. The number of hydrogen-bond donors (Lipinski definition) is 0. The molecule has 0 aromatic carbocycles. The zero-order valence-electron chi connectivity index (χ0n) is 11.0. The number of thiophene rings is 1. The lowest BCUT2D eigenvalue weighted by atomic mass is 10.1. The molecule has 100 valence electrons. The van der Waals surface area contributed by atoms with Crippen molar-refractivity contribution in [1.29, 1.82) is 0 Å². The molecule has 0 unspecified atom stereocenters. The van der Waals surface area contributed by atoms with Crippen molar-refractivity contribution in [2.45, 2.75) is 31.6 Å². The van der Waals surface area contributed by atoms with E-state index in [1.54, 1.807) is 16.2 Å². The second kappa shape index (κ2) is 5.43. The van der Waals surface area contributed by atoms with Crippen LogP contribution in [0.1, 0.15) is 34.0 Å². The maximum atomic E-state index is 12.4. The lowest BCUT2D eigenvalue weighted by Crippen LogP contribution is -2.46. The highest BCUT2D eigenvalue weighted by Gasteiger charge is 2.29. The Morgan fingerprint density at radius 1 is 1.56 bits per heavy atom. The van der Waals surface area contributed by atoms with Gasteiger partial charge in [0.2, 0.25) is 0 Å². The summed E-state index contributed by atoms with van der Waals surface area (Å²) in [5, 5.41) is 0. The fraction of sp³-hybridized carbons (Fsp3) is 0.615. The van der Waals surface area contributed by atoms with Crippen molar-refractivity contribution < 1.29 is 4.79 Å². The monoisotopic (exact) mass is 303 g/mol. The molecule has 0 saturated heterocycles. The lowest BCUT2D eigenvalue weighted by molar-refractivity contribution is 0.0665. The Kier molecular flexibility index (Phi) is 4.29. The molecule has 1 aromatic heterocycles. The predicted octanol–water partition coefficient (Wildman–Crippen LogP) is 3.63. The third kappa shape index (κ3) is 2.70. The van der Waals surface area contributed by atoms with E-state index in [0.717, 1.165) is 17.1 Å². The van der Waals surface area contributed by atoms with Crippen LogP contribution >= 0.6 is 34.7 Å². The molecule has 1 aromatic rings. The first-order chi connectivity index (χ1) is 8.45. The fourth-order valence-electron chi connectivity index (χ4n) is 1.78. The van der Waals surface area contributed by atoms with Crippen LogP contribution in [-0.4, -0.2) is 35.0 Å². The second-order valence-electron chi connectivity index (χ2n) is 5.17. The zero-order chi connectivity index (χ0) is 13.3. The molecule has 2 rings (SSSR count). The molecule has 0 atom stereocenters. The number of alkyl halides is 1. The zero-order valence-corrected chi connectivity index (χ0v) is 13.3. The van der Waals surface area contributed by atoms with Gasteiger partial charge in [-0.15, -0.1) is 22.9 Å². The first-order valence-corrected chi connectivity index (χ1v) is 8.50. The van der Waals surface area contributed by atoms with Crippen molar-refractivity contribution in [1.82, 2.24) is 4.90 Å². The molecular weight excluding hydrogens is 286 g/mol. The molecule has 18 heavy (non-hydrogen) atoms. The van der Waals surface area contributed by atoms with E-state index in [0.29, 0.717) is 5.88 Å². The summed E-state index contributed by atoms with van der Waals surface area (Å²) in [6.07, 6.45) is 1.10. The molecule has 2 nitrogen and oxygen atoms in total.